The zero-order valence-corrected chi connectivity index (χ0v) is 13.0. The third-order valence-corrected chi connectivity index (χ3v) is 5.51. The molecule has 1 N–H and O–H groups in total. The highest BCUT2D eigenvalue weighted by Crippen LogP contribution is 2.25. The number of carbonyl (C=O) groups excluding carboxylic acids is 1. The maximum atomic E-state index is 12.3. The van der Waals surface area contributed by atoms with E-state index in [0.29, 0.717) is 19.4 Å². The molecule has 1 saturated heterocycles. The second kappa shape index (κ2) is 6.58. The number of esters is 1. The summed E-state index contributed by atoms with van der Waals surface area (Å²) in [5.41, 5.74) is -0.118. The molecule has 0 radical (unpaired) electrons. The average Bonchev–Trinajstić information content (AvgIpc) is 2.45. The summed E-state index contributed by atoms with van der Waals surface area (Å²) >= 11 is 0. The van der Waals surface area contributed by atoms with Gasteiger partial charge in [-0.15, -0.1) is 0 Å². The quantitative estimate of drug-likeness (QED) is 0.830. The maximum Gasteiger partial charge on any atom is 0.327 e. The molecule has 5 nitrogen and oxygen atoms in total. The number of ether oxygens (including phenoxy) is 1. The third-order valence-electron chi connectivity index (χ3n) is 3.67. The van der Waals surface area contributed by atoms with Crippen LogP contribution in [0.4, 0.5) is 0 Å². The Morgan fingerprint density at radius 1 is 1.33 bits per heavy atom. The SMILES string of the molecule is CCOC(=O)C1(NCc2ccccc2)CCCS(=O)(=O)C1. The molecule has 0 amide bonds. The van der Waals surface area contributed by atoms with Crippen molar-refractivity contribution in [3.63, 3.8) is 0 Å². The Morgan fingerprint density at radius 3 is 2.67 bits per heavy atom. The Morgan fingerprint density at radius 2 is 2.05 bits per heavy atom. The lowest BCUT2D eigenvalue weighted by Gasteiger charge is -2.35. The number of rotatable bonds is 5. The highest BCUT2D eigenvalue weighted by atomic mass is 32.2. The van der Waals surface area contributed by atoms with E-state index in [9.17, 15) is 13.2 Å². The number of carbonyl (C=O) groups is 1. The van der Waals surface area contributed by atoms with Gasteiger partial charge in [0.15, 0.2) is 9.84 Å². The minimum Gasteiger partial charge on any atom is -0.465 e. The average molecular weight is 311 g/mol. The molecule has 1 aliphatic rings. The van der Waals surface area contributed by atoms with Crippen LogP contribution in [-0.2, 0) is 25.9 Å². The topological polar surface area (TPSA) is 72.5 Å². The fourth-order valence-electron chi connectivity index (χ4n) is 2.62. The van der Waals surface area contributed by atoms with Gasteiger partial charge in [0.1, 0.15) is 5.54 Å². The summed E-state index contributed by atoms with van der Waals surface area (Å²) in [4.78, 5) is 12.3. The van der Waals surface area contributed by atoms with Crippen LogP contribution in [0.1, 0.15) is 25.3 Å². The number of hydrogen-bond donors (Lipinski definition) is 1. The van der Waals surface area contributed by atoms with E-state index in [1.165, 1.54) is 0 Å². The largest absolute Gasteiger partial charge is 0.465 e. The van der Waals surface area contributed by atoms with E-state index >= 15 is 0 Å². The van der Waals surface area contributed by atoms with Crippen LogP contribution in [-0.4, -0.2) is 38.0 Å². The van der Waals surface area contributed by atoms with Crippen molar-refractivity contribution in [2.75, 3.05) is 18.1 Å². The van der Waals surface area contributed by atoms with E-state index in [1.807, 2.05) is 30.3 Å². The predicted molar refractivity (Wildman–Crippen MR) is 80.5 cm³/mol. The van der Waals surface area contributed by atoms with E-state index in [2.05, 4.69) is 5.32 Å². The van der Waals surface area contributed by atoms with Gasteiger partial charge in [-0.3, -0.25) is 10.1 Å². The number of hydrogen-bond acceptors (Lipinski definition) is 5. The van der Waals surface area contributed by atoms with Gasteiger partial charge >= 0.3 is 5.97 Å². The van der Waals surface area contributed by atoms with Crippen LogP contribution in [0.2, 0.25) is 0 Å². The molecule has 0 bridgehead atoms. The maximum absolute atomic E-state index is 12.3. The van der Waals surface area contributed by atoms with Gasteiger partial charge in [-0.1, -0.05) is 30.3 Å². The first-order chi connectivity index (χ1) is 9.97. The lowest BCUT2D eigenvalue weighted by molar-refractivity contribution is -0.150. The molecule has 0 aromatic heterocycles. The first kappa shape index (κ1) is 16.0. The molecule has 1 unspecified atom stereocenters. The van der Waals surface area contributed by atoms with E-state index in [0.717, 1.165) is 5.56 Å². The van der Waals surface area contributed by atoms with Gasteiger partial charge in [0.2, 0.25) is 0 Å². The van der Waals surface area contributed by atoms with Gasteiger partial charge in [0.25, 0.3) is 0 Å². The van der Waals surface area contributed by atoms with Crippen LogP contribution in [0.15, 0.2) is 30.3 Å². The van der Waals surface area contributed by atoms with Crippen molar-refractivity contribution in [3.05, 3.63) is 35.9 Å². The van der Waals surface area contributed by atoms with Crippen LogP contribution in [0.5, 0.6) is 0 Å². The molecule has 1 fully saturated rings. The Labute approximate surface area is 125 Å². The molecular weight excluding hydrogens is 290 g/mol. The molecule has 1 atom stereocenters. The van der Waals surface area contributed by atoms with Gasteiger partial charge in [-0.05, 0) is 25.3 Å². The van der Waals surface area contributed by atoms with Gasteiger partial charge in [0.05, 0.1) is 18.1 Å². The molecule has 1 aromatic carbocycles. The fourth-order valence-corrected chi connectivity index (χ4v) is 4.47. The highest BCUT2D eigenvalue weighted by molar-refractivity contribution is 7.91. The molecule has 116 valence electrons. The van der Waals surface area contributed by atoms with E-state index < -0.39 is 21.3 Å². The van der Waals surface area contributed by atoms with Crippen molar-refractivity contribution in [2.24, 2.45) is 0 Å². The second-order valence-corrected chi connectivity index (χ2v) is 7.52. The summed E-state index contributed by atoms with van der Waals surface area (Å²) in [6, 6.07) is 9.60. The van der Waals surface area contributed by atoms with E-state index in [4.69, 9.17) is 4.74 Å². The summed E-state index contributed by atoms with van der Waals surface area (Å²) in [7, 11) is -3.22. The lowest BCUT2D eigenvalue weighted by Crippen LogP contribution is -2.59. The van der Waals surface area contributed by atoms with Gasteiger partial charge in [0, 0.05) is 6.54 Å². The van der Waals surface area contributed by atoms with Crippen molar-refractivity contribution in [1.29, 1.82) is 0 Å². The third kappa shape index (κ3) is 4.04. The van der Waals surface area contributed by atoms with Crippen LogP contribution in [0.25, 0.3) is 0 Å². The zero-order valence-electron chi connectivity index (χ0n) is 12.2. The number of sulfone groups is 1. The van der Waals surface area contributed by atoms with Crippen molar-refractivity contribution >= 4 is 15.8 Å². The summed E-state index contributed by atoms with van der Waals surface area (Å²) in [6.45, 7) is 2.41. The highest BCUT2D eigenvalue weighted by Gasteiger charge is 2.46. The molecule has 0 spiro atoms. The Balaban J connectivity index is 2.18. The van der Waals surface area contributed by atoms with Crippen molar-refractivity contribution in [1.82, 2.24) is 5.32 Å². The lowest BCUT2D eigenvalue weighted by atomic mass is 9.95. The predicted octanol–water partition coefficient (Wildman–Crippen LogP) is 1.29. The zero-order chi connectivity index (χ0) is 15.3. The fraction of sp³-hybridized carbons (Fsp3) is 0.533. The van der Waals surface area contributed by atoms with E-state index in [-0.39, 0.29) is 18.1 Å². The van der Waals surface area contributed by atoms with Crippen LogP contribution in [0, 0.1) is 0 Å². The Bertz CT molecular complexity index is 585. The monoisotopic (exact) mass is 311 g/mol. The minimum absolute atomic E-state index is 0.140. The number of benzene rings is 1. The second-order valence-electron chi connectivity index (χ2n) is 5.34. The first-order valence-corrected chi connectivity index (χ1v) is 8.96. The molecule has 1 aromatic rings. The molecule has 1 aliphatic heterocycles. The van der Waals surface area contributed by atoms with Crippen LogP contribution in [0.3, 0.4) is 0 Å². The molecule has 0 aliphatic carbocycles. The van der Waals surface area contributed by atoms with Crippen LogP contribution < -0.4 is 5.32 Å². The van der Waals surface area contributed by atoms with E-state index in [1.54, 1.807) is 6.92 Å². The number of nitrogens with one attached hydrogen (secondary N) is 1. The molecular formula is C15H21NO4S. The normalized spacial score (nSPS) is 24.4. The molecule has 0 saturated carbocycles. The molecule has 1 heterocycles. The Kier molecular flexibility index (Phi) is 5.00. The first-order valence-electron chi connectivity index (χ1n) is 7.14. The summed E-state index contributed by atoms with van der Waals surface area (Å²) in [5.74, 6) is -0.517. The summed E-state index contributed by atoms with van der Waals surface area (Å²) < 4.78 is 29.0. The standard InChI is InChI=1S/C15H21NO4S/c1-2-20-14(17)15(9-6-10-21(18,19)12-15)16-11-13-7-4-3-5-8-13/h3-5,7-8,16H,2,6,9-12H2,1H3. The minimum atomic E-state index is -3.22. The van der Waals surface area contributed by atoms with Crippen LogP contribution >= 0.6 is 0 Å². The van der Waals surface area contributed by atoms with Gasteiger partial charge < -0.3 is 4.74 Å². The summed E-state index contributed by atoms with van der Waals surface area (Å²) in [6.07, 6.45) is 0.959. The van der Waals surface area contributed by atoms with Crippen molar-refractivity contribution < 1.29 is 17.9 Å². The van der Waals surface area contributed by atoms with Gasteiger partial charge in [-0.25, -0.2) is 8.42 Å². The van der Waals surface area contributed by atoms with Gasteiger partial charge in [-0.2, -0.15) is 0 Å². The molecule has 21 heavy (non-hydrogen) atoms. The summed E-state index contributed by atoms with van der Waals surface area (Å²) in [5, 5.41) is 3.14. The van der Waals surface area contributed by atoms with Crippen molar-refractivity contribution in [3.8, 4) is 0 Å². The smallest absolute Gasteiger partial charge is 0.327 e. The molecule has 2 rings (SSSR count). The molecule has 6 heteroatoms. The van der Waals surface area contributed by atoms with Crippen molar-refractivity contribution in [2.45, 2.75) is 31.8 Å². The Hall–Kier alpha value is -1.40.